The van der Waals surface area contributed by atoms with Crippen molar-refractivity contribution in [2.75, 3.05) is 0 Å². The van der Waals surface area contributed by atoms with Gasteiger partial charge >= 0.3 is 5.97 Å². The predicted octanol–water partition coefficient (Wildman–Crippen LogP) is 3.13. The first kappa shape index (κ1) is 10.3. The molecule has 0 unspecified atom stereocenters. The molecule has 0 amide bonds. The molecule has 0 spiro atoms. The zero-order chi connectivity index (χ0) is 10.0. The fourth-order valence-electron chi connectivity index (χ4n) is 1.18. The van der Waals surface area contributed by atoms with Gasteiger partial charge < -0.3 is 5.11 Å². The van der Waals surface area contributed by atoms with E-state index in [1.165, 1.54) is 0 Å². The standard InChI is InChI=1S/C10H14O2S/c1-4-8-7(10(11)12)5-9(13-8)6(2)3/h5-6H,4H2,1-3H3,(H,11,12). The summed E-state index contributed by atoms with van der Waals surface area (Å²) in [6, 6.07) is 1.80. The summed E-state index contributed by atoms with van der Waals surface area (Å²) in [7, 11) is 0. The normalized spacial score (nSPS) is 10.8. The number of aryl methyl sites for hydroxylation is 1. The third kappa shape index (κ3) is 2.10. The molecule has 13 heavy (non-hydrogen) atoms. The molecule has 0 aliphatic carbocycles. The van der Waals surface area contributed by atoms with Gasteiger partial charge in [0.25, 0.3) is 0 Å². The van der Waals surface area contributed by atoms with Gasteiger partial charge in [-0.05, 0) is 18.4 Å². The second-order valence-corrected chi connectivity index (χ2v) is 4.47. The molecule has 72 valence electrons. The first-order chi connectivity index (χ1) is 6.06. The van der Waals surface area contributed by atoms with E-state index >= 15 is 0 Å². The molecule has 1 N–H and O–H groups in total. The molecule has 3 heteroatoms. The number of rotatable bonds is 3. The Morgan fingerprint density at radius 2 is 2.23 bits per heavy atom. The molecule has 0 atom stereocenters. The monoisotopic (exact) mass is 198 g/mol. The Morgan fingerprint density at radius 3 is 2.54 bits per heavy atom. The molecule has 0 aliphatic rings. The van der Waals surface area contributed by atoms with Gasteiger partial charge in [-0.1, -0.05) is 20.8 Å². The fraction of sp³-hybridized carbons (Fsp3) is 0.500. The molecular weight excluding hydrogens is 184 g/mol. The molecule has 0 bridgehead atoms. The van der Waals surface area contributed by atoms with Crippen LogP contribution in [-0.4, -0.2) is 11.1 Å². The van der Waals surface area contributed by atoms with Crippen LogP contribution in [0.15, 0.2) is 6.07 Å². The Kier molecular flexibility index (Phi) is 3.09. The highest BCUT2D eigenvalue weighted by molar-refractivity contribution is 7.12. The van der Waals surface area contributed by atoms with Gasteiger partial charge in [-0.3, -0.25) is 0 Å². The van der Waals surface area contributed by atoms with Crippen molar-refractivity contribution >= 4 is 17.3 Å². The quantitative estimate of drug-likeness (QED) is 0.810. The topological polar surface area (TPSA) is 37.3 Å². The van der Waals surface area contributed by atoms with Gasteiger partial charge in [-0.2, -0.15) is 0 Å². The fourth-order valence-corrected chi connectivity index (χ4v) is 2.28. The minimum absolute atomic E-state index is 0.420. The largest absolute Gasteiger partial charge is 0.478 e. The molecule has 0 radical (unpaired) electrons. The van der Waals surface area contributed by atoms with Crippen LogP contribution in [0.1, 0.15) is 46.8 Å². The van der Waals surface area contributed by atoms with Gasteiger partial charge in [0.15, 0.2) is 0 Å². The average molecular weight is 198 g/mol. The number of aromatic carboxylic acids is 1. The van der Waals surface area contributed by atoms with Crippen molar-refractivity contribution in [3.05, 3.63) is 21.4 Å². The lowest BCUT2D eigenvalue weighted by Crippen LogP contribution is -1.96. The van der Waals surface area contributed by atoms with E-state index in [1.54, 1.807) is 17.4 Å². The van der Waals surface area contributed by atoms with E-state index in [9.17, 15) is 4.79 Å². The summed E-state index contributed by atoms with van der Waals surface area (Å²) in [6.45, 7) is 6.15. The van der Waals surface area contributed by atoms with Crippen LogP contribution in [-0.2, 0) is 6.42 Å². The second-order valence-electron chi connectivity index (χ2n) is 3.30. The Morgan fingerprint density at radius 1 is 1.62 bits per heavy atom. The number of carboxylic acids is 1. The van der Waals surface area contributed by atoms with Gasteiger partial charge in [0.1, 0.15) is 0 Å². The zero-order valence-electron chi connectivity index (χ0n) is 8.13. The highest BCUT2D eigenvalue weighted by Crippen LogP contribution is 2.28. The average Bonchev–Trinajstić information content (AvgIpc) is 2.47. The molecule has 0 saturated carbocycles. The maximum atomic E-state index is 10.8. The summed E-state index contributed by atoms with van der Waals surface area (Å²) in [4.78, 5) is 13.0. The van der Waals surface area contributed by atoms with Crippen LogP contribution >= 0.6 is 11.3 Å². The van der Waals surface area contributed by atoms with Crippen LogP contribution in [0.2, 0.25) is 0 Å². The van der Waals surface area contributed by atoms with Crippen LogP contribution in [0.4, 0.5) is 0 Å². The third-order valence-corrected chi connectivity index (χ3v) is 3.53. The summed E-state index contributed by atoms with van der Waals surface area (Å²) in [5, 5.41) is 8.90. The zero-order valence-corrected chi connectivity index (χ0v) is 8.94. The van der Waals surface area contributed by atoms with Crippen molar-refractivity contribution in [1.82, 2.24) is 0 Å². The van der Waals surface area contributed by atoms with Crippen molar-refractivity contribution in [3.8, 4) is 0 Å². The molecule has 0 aromatic carbocycles. The molecule has 1 aromatic rings. The first-order valence-electron chi connectivity index (χ1n) is 4.42. The van der Waals surface area contributed by atoms with Crippen LogP contribution < -0.4 is 0 Å². The summed E-state index contributed by atoms with van der Waals surface area (Å²) in [5.74, 6) is -0.386. The maximum Gasteiger partial charge on any atom is 0.336 e. The summed E-state index contributed by atoms with van der Waals surface area (Å²) < 4.78 is 0. The van der Waals surface area contributed by atoms with E-state index in [0.717, 1.165) is 16.2 Å². The number of hydrogen-bond acceptors (Lipinski definition) is 2. The van der Waals surface area contributed by atoms with E-state index < -0.39 is 5.97 Å². The molecule has 0 fully saturated rings. The van der Waals surface area contributed by atoms with Gasteiger partial charge in [-0.25, -0.2) is 4.79 Å². The Labute approximate surface area is 82.2 Å². The molecule has 0 saturated heterocycles. The Balaban J connectivity index is 3.11. The minimum Gasteiger partial charge on any atom is -0.478 e. The van der Waals surface area contributed by atoms with Crippen LogP contribution in [0, 0.1) is 0 Å². The lowest BCUT2D eigenvalue weighted by molar-refractivity contribution is 0.0696. The van der Waals surface area contributed by atoms with Crippen molar-refractivity contribution in [3.63, 3.8) is 0 Å². The number of carbonyl (C=O) groups is 1. The summed E-state index contributed by atoms with van der Waals surface area (Å²) in [6.07, 6.45) is 0.805. The molecule has 1 rings (SSSR count). The number of carboxylic acid groups (broad SMARTS) is 1. The summed E-state index contributed by atoms with van der Waals surface area (Å²) in [5.41, 5.74) is 0.483. The van der Waals surface area contributed by atoms with Crippen LogP contribution in [0.25, 0.3) is 0 Å². The maximum absolute atomic E-state index is 10.8. The van der Waals surface area contributed by atoms with E-state index in [2.05, 4.69) is 13.8 Å². The highest BCUT2D eigenvalue weighted by atomic mass is 32.1. The van der Waals surface area contributed by atoms with Crippen molar-refractivity contribution in [2.24, 2.45) is 0 Å². The van der Waals surface area contributed by atoms with Crippen molar-refractivity contribution < 1.29 is 9.90 Å². The smallest absolute Gasteiger partial charge is 0.336 e. The Hall–Kier alpha value is -0.830. The predicted molar refractivity (Wildman–Crippen MR) is 54.7 cm³/mol. The lowest BCUT2D eigenvalue weighted by Gasteiger charge is -1.96. The molecule has 0 aliphatic heterocycles. The van der Waals surface area contributed by atoms with Gasteiger partial charge in [0.2, 0.25) is 0 Å². The van der Waals surface area contributed by atoms with Gasteiger partial charge in [0.05, 0.1) is 5.56 Å². The molecule has 2 nitrogen and oxygen atoms in total. The van der Waals surface area contributed by atoms with Crippen LogP contribution in [0.3, 0.4) is 0 Å². The van der Waals surface area contributed by atoms with Crippen LogP contribution in [0.5, 0.6) is 0 Å². The molecule has 1 aromatic heterocycles. The second kappa shape index (κ2) is 3.92. The Bertz CT molecular complexity index is 313. The highest BCUT2D eigenvalue weighted by Gasteiger charge is 2.14. The number of thiophene rings is 1. The SMILES string of the molecule is CCc1sc(C(C)C)cc1C(=O)O. The molecular formula is C10H14O2S. The lowest BCUT2D eigenvalue weighted by atomic mass is 10.1. The first-order valence-corrected chi connectivity index (χ1v) is 5.23. The van der Waals surface area contributed by atoms with E-state index in [4.69, 9.17) is 5.11 Å². The minimum atomic E-state index is -0.806. The van der Waals surface area contributed by atoms with E-state index in [1.807, 2.05) is 6.92 Å². The van der Waals surface area contributed by atoms with E-state index in [-0.39, 0.29) is 0 Å². The third-order valence-electron chi connectivity index (χ3n) is 1.95. The van der Waals surface area contributed by atoms with Crippen molar-refractivity contribution in [2.45, 2.75) is 33.1 Å². The molecule has 1 heterocycles. The van der Waals surface area contributed by atoms with Crippen molar-refractivity contribution in [1.29, 1.82) is 0 Å². The number of hydrogen-bond donors (Lipinski definition) is 1. The van der Waals surface area contributed by atoms with E-state index in [0.29, 0.717) is 11.5 Å². The van der Waals surface area contributed by atoms with Gasteiger partial charge in [0, 0.05) is 9.75 Å². The van der Waals surface area contributed by atoms with Gasteiger partial charge in [-0.15, -0.1) is 11.3 Å². The summed E-state index contributed by atoms with van der Waals surface area (Å²) >= 11 is 1.62.